The van der Waals surface area contributed by atoms with Gasteiger partial charge in [-0.25, -0.2) is 0 Å². The van der Waals surface area contributed by atoms with E-state index in [-0.39, 0.29) is 11.7 Å². The molecule has 0 aromatic heterocycles. The number of nitriles is 1. The Balaban J connectivity index is 2.18. The average Bonchev–Trinajstić information content (AvgIpc) is 2.42. The van der Waals surface area contributed by atoms with E-state index in [9.17, 15) is 9.90 Å². The molecule has 4 heteroatoms. The maximum absolute atomic E-state index is 11.9. The number of hydrogen-bond acceptors (Lipinski definition) is 3. The third-order valence-electron chi connectivity index (χ3n) is 2.68. The lowest BCUT2D eigenvalue weighted by molar-refractivity contribution is 0.102. The lowest BCUT2D eigenvalue weighted by Crippen LogP contribution is -2.11. The summed E-state index contributed by atoms with van der Waals surface area (Å²) in [4.78, 5) is 11.9. The van der Waals surface area contributed by atoms with Gasteiger partial charge in [-0.05, 0) is 48.9 Å². The first-order valence-corrected chi connectivity index (χ1v) is 5.71. The maximum atomic E-state index is 11.9. The van der Waals surface area contributed by atoms with Gasteiger partial charge in [0.2, 0.25) is 0 Å². The molecule has 0 aliphatic carbocycles. The van der Waals surface area contributed by atoms with Crippen LogP contribution in [0.5, 0.6) is 5.75 Å². The van der Waals surface area contributed by atoms with Crippen molar-refractivity contribution in [1.82, 2.24) is 0 Å². The van der Waals surface area contributed by atoms with Crippen molar-refractivity contribution in [3.63, 3.8) is 0 Å². The molecule has 2 aromatic rings. The molecule has 4 nitrogen and oxygen atoms in total. The number of carbonyl (C=O) groups excluding carboxylic acids is 1. The molecule has 0 aliphatic rings. The van der Waals surface area contributed by atoms with Crippen LogP contribution in [0.3, 0.4) is 0 Å². The highest BCUT2D eigenvalue weighted by Gasteiger charge is 2.08. The standard InChI is InChI=1S/C15H12N2O2/c1-10-2-7-13(14(18)8-10)17-15(19)12-5-3-11(9-16)4-6-12/h2-8,18H,1H3,(H,17,19). The van der Waals surface area contributed by atoms with Gasteiger partial charge in [-0.2, -0.15) is 5.26 Å². The van der Waals surface area contributed by atoms with Crippen molar-refractivity contribution in [2.45, 2.75) is 6.92 Å². The van der Waals surface area contributed by atoms with Crippen LogP contribution >= 0.6 is 0 Å². The molecule has 0 heterocycles. The van der Waals surface area contributed by atoms with Gasteiger partial charge in [-0.15, -0.1) is 0 Å². The zero-order valence-electron chi connectivity index (χ0n) is 10.3. The van der Waals surface area contributed by atoms with Crippen molar-refractivity contribution in [1.29, 1.82) is 5.26 Å². The fourth-order valence-corrected chi connectivity index (χ4v) is 1.64. The summed E-state index contributed by atoms with van der Waals surface area (Å²) in [5, 5.41) is 21.0. The second-order valence-corrected chi connectivity index (χ2v) is 4.16. The molecule has 0 atom stereocenters. The lowest BCUT2D eigenvalue weighted by atomic mass is 10.1. The summed E-state index contributed by atoms with van der Waals surface area (Å²) in [6, 6.07) is 13.3. The van der Waals surface area contributed by atoms with Gasteiger partial charge in [0, 0.05) is 5.56 Å². The molecule has 0 saturated carbocycles. The number of amides is 1. The molecule has 0 fully saturated rings. The maximum Gasteiger partial charge on any atom is 0.255 e. The Morgan fingerprint density at radius 3 is 2.47 bits per heavy atom. The van der Waals surface area contributed by atoms with E-state index in [2.05, 4.69) is 5.32 Å². The number of phenols is 1. The molecular formula is C15H12N2O2. The van der Waals surface area contributed by atoms with E-state index in [0.29, 0.717) is 16.8 Å². The fraction of sp³-hybridized carbons (Fsp3) is 0.0667. The summed E-state index contributed by atoms with van der Waals surface area (Å²) in [5.41, 5.74) is 2.20. The van der Waals surface area contributed by atoms with Gasteiger partial charge in [0.25, 0.3) is 5.91 Å². The molecule has 2 aromatic carbocycles. The average molecular weight is 252 g/mol. The van der Waals surface area contributed by atoms with Crippen molar-refractivity contribution in [2.75, 3.05) is 5.32 Å². The van der Waals surface area contributed by atoms with E-state index in [1.54, 1.807) is 42.5 Å². The summed E-state index contributed by atoms with van der Waals surface area (Å²) >= 11 is 0. The topological polar surface area (TPSA) is 73.1 Å². The number of phenolic OH excluding ortho intramolecular Hbond substituents is 1. The lowest BCUT2D eigenvalue weighted by Gasteiger charge is -2.08. The van der Waals surface area contributed by atoms with Crippen molar-refractivity contribution >= 4 is 11.6 Å². The van der Waals surface area contributed by atoms with Crippen LogP contribution < -0.4 is 5.32 Å². The van der Waals surface area contributed by atoms with E-state index >= 15 is 0 Å². The van der Waals surface area contributed by atoms with E-state index in [1.807, 2.05) is 13.0 Å². The predicted molar refractivity (Wildman–Crippen MR) is 72.0 cm³/mol. The molecule has 0 unspecified atom stereocenters. The third-order valence-corrected chi connectivity index (χ3v) is 2.68. The number of anilines is 1. The van der Waals surface area contributed by atoms with Crippen LogP contribution in [-0.2, 0) is 0 Å². The number of aromatic hydroxyl groups is 1. The Bertz CT molecular complexity index is 655. The number of rotatable bonds is 2. The Hall–Kier alpha value is -2.80. The monoisotopic (exact) mass is 252 g/mol. The van der Waals surface area contributed by atoms with Crippen LogP contribution in [0.25, 0.3) is 0 Å². The van der Waals surface area contributed by atoms with Gasteiger partial charge >= 0.3 is 0 Å². The van der Waals surface area contributed by atoms with Crippen LogP contribution in [0.1, 0.15) is 21.5 Å². The molecule has 1 amide bonds. The van der Waals surface area contributed by atoms with Crippen molar-refractivity contribution < 1.29 is 9.90 Å². The summed E-state index contributed by atoms with van der Waals surface area (Å²) in [5.74, 6) is -0.300. The van der Waals surface area contributed by atoms with Crippen LogP contribution in [0, 0.1) is 18.3 Å². The second-order valence-electron chi connectivity index (χ2n) is 4.16. The summed E-state index contributed by atoms with van der Waals surface area (Å²) in [7, 11) is 0. The molecule has 19 heavy (non-hydrogen) atoms. The number of aryl methyl sites for hydroxylation is 1. The van der Waals surface area contributed by atoms with Gasteiger partial charge in [0.1, 0.15) is 5.75 Å². The zero-order valence-corrected chi connectivity index (χ0v) is 10.3. The van der Waals surface area contributed by atoms with Crippen molar-refractivity contribution in [3.05, 3.63) is 59.2 Å². The van der Waals surface area contributed by atoms with E-state index in [4.69, 9.17) is 5.26 Å². The Morgan fingerprint density at radius 1 is 1.21 bits per heavy atom. The van der Waals surface area contributed by atoms with Gasteiger partial charge in [0.15, 0.2) is 0 Å². The molecule has 2 rings (SSSR count). The number of hydrogen-bond donors (Lipinski definition) is 2. The molecule has 0 aliphatic heterocycles. The van der Waals surface area contributed by atoms with Gasteiger partial charge in [-0.3, -0.25) is 4.79 Å². The van der Waals surface area contributed by atoms with E-state index in [1.165, 1.54) is 0 Å². The van der Waals surface area contributed by atoms with Crippen LogP contribution in [0.4, 0.5) is 5.69 Å². The first-order chi connectivity index (χ1) is 9.10. The Morgan fingerprint density at radius 2 is 1.89 bits per heavy atom. The predicted octanol–water partition coefficient (Wildman–Crippen LogP) is 2.82. The van der Waals surface area contributed by atoms with E-state index < -0.39 is 0 Å². The van der Waals surface area contributed by atoms with Crippen LogP contribution in [0.2, 0.25) is 0 Å². The van der Waals surface area contributed by atoms with E-state index in [0.717, 1.165) is 5.56 Å². The summed E-state index contributed by atoms with van der Waals surface area (Å²) in [6.07, 6.45) is 0. The Kier molecular flexibility index (Phi) is 3.48. The van der Waals surface area contributed by atoms with Gasteiger partial charge in [-0.1, -0.05) is 6.07 Å². The normalized spacial score (nSPS) is 9.68. The molecule has 0 radical (unpaired) electrons. The Labute approximate surface area is 110 Å². The highest BCUT2D eigenvalue weighted by molar-refractivity contribution is 6.05. The van der Waals surface area contributed by atoms with Crippen molar-refractivity contribution in [2.24, 2.45) is 0 Å². The summed E-state index contributed by atoms with van der Waals surface area (Å²) in [6.45, 7) is 1.85. The zero-order chi connectivity index (χ0) is 13.8. The van der Waals surface area contributed by atoms with Gasteiger partial charge < -0.3 is 10.4 Å². The largest absolute Gasteiger partial charge is 0.506 e. The first kappa shape index (κ1) is 12.7. The van der Waals surface area contributed by atoms with Crippen LogP contribution in [-0.4, -0.2) is 11.0 Å². The quantitative estimate of drug-likeness (QED) is 0.807. The van der Waals surface area contributed by atoms with Crippen molar-refractivity contribution in [3.8, 4) is 11.8 Å². The summed E-state index contributed by atoms with van der Waals surface area (Å²) < 4.78 is 0. The van der Waals surface area contributed by atoms with Gasteiger partial charge in [0.05, 0.1) is 17.3 Å². The number of benzene rings is 2. The molecule has 94 valence electrons. The fourth-order valence-electron chi connectivity index (χ4n) is 1.64. The molecule has 0 saturated heterocycles. The molecule has 0 bridgehead atoms. The number of nitrogens with one attached hydrogen (secondary N) is 1. The first-order valence-electron chi connectivity index (χ1n) is 5.71. The second kappa shape index (κ2) is 5.23. The van der Waals surface area contributed by atoms with Crippen LogP contribution in [0.15, 0.2) is 42.5 Å². The smallest absolute Gasteiger partial charge is 0.255 e. The third kappa shape index (κ3) is 2.90. The minimum absolute atomic E-state index is 0.0296. The highest BCUT2D eigenvalue weighted by Crippen LogP contribution is 2.24. The minimum Gasteiger partial charge on any atom is -0.506 e. The molecular weight excluding hydrogens is 240 g/mol. The molecule has 0 spiro atoms. The number of nitrogens with zero attached hydrogens (tertiary/aromatic N) is 1. The number of carbonyl (C=O) groups is 1. The SMILES string of the molecule is Cc1ccc(NC(=O)c2ccc(C#N)cc2)c(O)c1. The minimum atomic E-state index is -0.330. The molecule has 2 N–H and O–H groups in total. The highest BCUT2D eigenvalue weighted by atomic mass is 16.3.